The average Bonchev–Trinajstić information content (AvgIpc) is 2.99. The second-order valence-electron chi connectivity index (χ2n) is 10.8. The number of hydrogen-bond donors (Lipinski definition) is 10. The molecule has 19 nitrogen and oxygen atoms in total. The van der Waals surface area contributed by atoms with Crippen molar-refractivity contribution in [2.24, 2.45) is 0 Å². The maximum Gasteiger partial charge on any atom is 0.397 e. The predicted molar refractivity (Wildman–Crippen MR) is 151 cm³/mol. The first-order valence-corrected chi connectivity index (χ1v) is 15.0. The molecule has 2 saturated heterocycles. The molecule has 0 spiro atoms. The lowest BCUT2D eigenvalue weighted by Gasteiger charge is -2.43. The van der Waals surface area contributed by atoms with E-state index in [1.807, 2.05) is 0 Å². The minimum Gasteiger partial charge on any atom is -0.508 e. The second kappa shape index (κ2) is 13.0. The zero-order valence-corrected chi connectivity index (χ0v) is 24.7. The van der Waals surface area contributed by atoms with Gasteiger partial charge in [-0.1, -0.05) is 0 Å². The molecule has 2 aliphatic heterocycles. The molecule has 258 valence electrons. The molecular weight excluding hydrogens is 660 g/mol. The Morgan fingerprint density at radius 1 is 0.809 bits per heavy atom. The molecule has 3 heterocycles. The third-order valence-electron chi connectivity index (χ3n) is 7.50. The molecular formula is C27H30O19S. The van der Waals surface area contributed by atoms with Gasteiger partial charge in [-0.2, -0.15) is 8.42 Å². The van der Waals surface area contributed by atoms with E-state index in [1.165, 1.54) is 6.92 Å². The van der Waals surface area contributed by atoms with Crippen LogP contribution in [0.1, 0.15) is 6.92 Å². The van der Waals surface area contributed by atoms with Gasteiger partial charge in [0.25, 0.3) is 0 Å². The summed E-state index contributed by atoms with van der Waals surface area (Å²) in [5.41, 5.74) is -1.72. The Hall–Kier alpha value is -3.80. The van der Waals surface area contributed by atoms with Crippen LogP contribution in [0, 0.1) is 0 Å². The molecule has 0 unspecified atom stereocenters. The lowest BCUT2D eigenvalue weighted by atomic mass is 9.98. The Morgan fingerprint density at radius 2 is 1.51 bits per heavy atom. The summed E-state index contributed by atoms with van der Waals surface area (Å²) < 4.78 is 65.0. The first kappa shape index (κ1) is 34.5. The highest BCUT2D eigenvalue weighted by Crippen LogP contribution is 2.40. The highest BCUT2D eigenvalue weighted by atomic mass is 32.3. The van der Waals surface area contributed by atoms with Gasteiger partial charge in [0.1, 0.15) is 59.1 Å². The molecule has 2 aromatic carbocycles. The number of aliphatic hydroxyl groups is 5. The molecule has 0 bridgehead atoms. The lowest BCUT2D eigenvalue weighted by Crippen LogP contribution is -2.62. The summed E-state index contributed by atoms with van der Waals surface area (Å²) in [7, 11) is -5.40. The minimum absolute atomic E-state index is 0.154. The Bertz CT molecular complexity index is 1790. The molecule has 5 rings (SSSR count). The number of ether oxygens (including phenoxy) is 4. The standard InChI is InChI=1S/C27H30O19S/c1-8-17(32)20(35)22(37)26(42-8)41-7-15-18(33)21(36)25(46-47(38,39)40)27(44-15)45-24-19(34)16-13(31)5-10(28)6-14(16)43-23(24)9-2-3-11(29)12(30)4-9/h2-6,8,15,17-18,20-22,25-33,35-37H,7H2,1H3,(H,38,39,40)/t8-,15+,17-,18+,20+,21-,22+,25+,26+,27-/m0/s1. The van der Waals surface area contributed by atoms with Crippen LogP contribution in [0.25, 0.3) is 22.3 Å². The third kappa shape index (κ3) is 6.93. The number of hydrogen-bond acceptors (Lipinski definition) is 18. The van der Waals surface area contributed by atoms with Crippen LogP contribution in [0.15, 0.2) is 39.5 Å². The summed E-state index contributed by atoms with van der Waals surface area (Å²) >= 11 is 0. The molecule has 2 aliphatic rings. The summed E-state index contributed by atoms with van der Waals surface area (Å²) in [5.74, 6) is -4.00. The zero-order valence-electron chi connectivity index (χ0n) is 23.9. The largest absolute Gasteiger partial charge is 0.508 e. The Morgan fingerprint density at radius 3 is 2.17 bits per heavy atom. The average molecular weight is 691 g/mol. The van der Waals surface area contributed by atoms with Gasteiger partial charge in [0.2, 0.25) is 17.5 Å². The first-order valence-electron chi connectivity index (χ1n) is 13.7. The van der Waals surface area contributed by atoms with Gasteiger partial charge < -0.3 is 69.3 Å². The molecule has 3 aromatic rings. The minimum atomic E-state index is -5.40. The van der Waals surface area contributed by atoms with Crippen molar-refractivity contribution in [3.63, 3.8) is 0 Å². The van der Waals surface area contributed by atoms with Crippen LogP contribution in [0.3, 0.4) is 0 Å². The highest BCUT2D eigenvalue weighted by molar-refractivity contribution is 7.80. The number of phenolic OH excluding ortho intramolecular Hbond substituents is 4. The quantitative estimate of drug-likeness (QED) is 0.0915. The Labute approximate surface area is 263 Å². The first-order chi connectivity index (χ1) is 22.0. The number of phenols is 4. The molecule has 2 fully saturated rings. The van der Waals surface area contributed by atoms with Crippen molar-refractivity contribution in [3.8, 4) is 40.1 Å². The molecule has 1 aromatic heterocycles. The summed E-state index contributed by atoms with van der Waals surface area (Å²) in [4.78, 5) is 13.7. The van der Waals surface area contributed by atoms with E-state index in [1.54, 1.807) is 0 Å². The van der Waals surface area contributed by atoms with Crippen molar-refractivity contribution < 1.29 is 86.5 Å². The topological polar surface area (TPSA) is 313 Å². The van der Waals surface area contributed by atoms with Crippen LogP contribution in [0.4, 0.5) is 0 Å². The van der Waals surface area contributed by atoms with Gasteiger partial charge >= 0.3 is 10.4 Å². The van der Waals surface area contributed by atoms with Crippen LogP contribution >= 0.6 is 0 Å². The van der Waals surface area contributed by atoms with Gasteiger partial charge in [0.15, 0.2) is 29.7 Å². The normalized spacial score (nSPS) is 31.6. The second-order valence-corrected chi connectivity index (χ2v) is 11.8. The maximum atomic E-state index is 13.7. The Kier molecular flexibility index (Phi) is 9.56. The van der Waals surface area contributed by atoms with E-state index >= 15 is 0 Å². The summed E-state index contributed by atoms with van der Waals surface area (Å²) in [6.07, 6.45) is -18.1. The maximum absolute atomic E-state index is 13.7. The number of fused-ring (bicyclic) bond motifs is 1. The van der Waals surface area contributed by atoms with Crippen molar-refractivity contribution in [1.29, 1.82) is 0 Å². The van der Waals surface area contributed by atoms with E-state index < -0.39 is 129 Å². The number of aliphatic hydroxyl groups excluding tert-OH is 5. The van der Waals surface area contributed by atoms with Gasteiger partial charge in [-0.15, -0.1) is 0 Å². The summed E-state index contributed by atoms with van der Waals surface area (Å²) in [5, 5.41) is 91.5. The summed E-state index contributed by atoms with van der Waals surface area (Å²) in [6, 6.07) is 4.84. The molecule has 0 saturated carbocycles. The number of rotatable bonds is 8. The Balaban J connectivity index is 1.55. The van der Waals surface area contributed by atoms with Gasteiger partial charge in [-0.3, -0.25) is 9.35 Å². The van der Waals surface area contributed by atoms with Crippen LogP contribution in [-0.4, -0.2) is 127 Å². The van der Waals surface area contributed by atoms with E-state index in [2.05, 4.69) is 4.18 Å². The van der Waals surface area contributed by atoms with Crippen molar-refractivity contribution in [2.75, 3.05) is 6.61 Å². The molecule has 47 heavy (non-hydrogen) atoms. The molecule has 0 radical (unpaired) electrons. The van der Waals surface area contributed by atoms with Crippen LogP contribution in [0.2, 0.25) is 0 Å². The van der Waals surface area contributed by atoms with Crippen LogP contribution < -0.4 is 10.2 Å². The van der Waals surface area contributed by atoms with E-state index in [9.17, 15) is 63.7 Å². The van der Waals surface area contributed by atoms with Crippen molar-refractivity contribution >= 4 is 21.4 Å². The fourth-order valence-electron chi connectivity index (χ4n) is 5.07. The lowest BCUT2D eigenvalue weighted by molar-refractivity contribution is -0.317. The van der Waals surface area contributed by atoms with Crippen molar-refractivity contribution in [3.05, 3.63) is 40.6 Å². The SMILES string of the molecule is C[C@@H]1O[C@@H](OC[C@H]2O[C@@H](Oc3c(-c4ccc(O)c(O)c4)oc4cc(O)cc(O)c4c3=O)[C@H](OS(=O)(=O)O)[C@@H](O)[C@@H]2O)[C@H](O)[C@H](O)[C@H]1O. The smallest absolute Gasteiger partial charge is 0.397 e. The van der Waals surface area contributed by atoms with Crippen LogP contribution in [0.5, 0.6) is 28.7 Å². The fraction of sp³-hybridized carbons (Fsp3) is 0.444. The zero-order chi connectivity index (χ0) is 34.5. The van der Waals surface area contributed by atoms with Gasteiger partial charge in [0, 0.05) is 17.7 Å². The predicted octanol–water partition coefficient (Wildman–Crippen LogP) is -1.86. The highest BCUT2D eigenvalue weighted by Gasteiger charge is 2.50. The van der Waals surface area contributed by atoms with Crippen molar-refractivity contribution in [2.45, 2.75) is 68.3 Å². The van der Waals surface area contributed by atoms with E-state index in [-0.39, 0.29) is 5.56 Å². The van der Waals surface area contributed by atoms with Gasteiger partial charge in [0.05, 0.1) is 12.7 Å². The monoisotopic (exact) mass is 690 g/mol. The fourth-order valence-corrected chi connectivity index (χ4v) is 5.55. The van der Waals surface area contributed by atoms with Crippen molar-refractivity contribution in [1.82, 2.24) is 0 Å². The van der Waals surface area contributed by atoms with E-state index in [4.69, 9.17) is 23.4 Å². The number of benzene rings is 2. The van der Waals surface area contributed by atoms with E-state index in [0.29, 0.717) is 0 Å². The third-order valence-corrected chi connectivity index (χ3v) is 7.97. The van der Waals surface area contributed by atoms with Gasteiger partial charge in [-0.05, 0) is 25.1 Å². The van der Waals surface area contributed by atoms with Crippen LogP contribution in [-0.2, 0) is 28.8 Å². The molecule has 0 aliphatic carbocycles. The van der Waals surface area contributed by atoms with E-state index in [0.717, 1.165) is 30.3 Å². The molecule has 10 atom stereocenters. The number of aromatic hydroxyl groups is 4. The summed E-state index contributed by atoms with van der Waals surface area (Å²) in [6.45, 7) is 0.603. The molecule has 10 N–H and O–H groups in total. The molecule has 0 amide bonds. The molecule has 20 heteroatoms. The van der Waals surface area contributed by atoms with Gasteiger partial charge in [-0.25, -0.2) is 4.18 Å².